The highest BCUT2D eigenvalue weighted by atomic mass is 35.5. The average molecular weight is 316 g/mol. The summed E-state index contributed by atoms with van der Waals surface area (Å²) in [5, 5.41) is 13.4. The molecule has 0 aromatic heterocycles. The second-order valence-corrected chi connectivity index (χ2v) is 5.43. The van der Waals surface area contributed by atoms with Gasteiger partial charge in [-0.15, -0.1) is 0 Å². The predicted octanol–water partition coefficient (Wildman–Crippen LogP) is 2.38. The van der Waals surface area contributed by atoms with E-state index in [1.54, 1.807) is 0 Å². The minimum atomic E-state index is -0.633. The van der Waals surface area contributed by atoms with Crippen molar-refractivity contribution in [3.05, 3.63) is 32.8 Å². The summed E-state index contributed by atoms with van der Waals surface area (Å²) in [5.41, 5.74) is 4.85. The van der Waals surface area contributed by atoms with E-state index in [2.05, 4.69) is 5.32 Å². The van der Waals surface area contributed by atoms with Crippen LogP contribution >= 0.6 is 11.6 Å². The number of nitrogens with two attached hydrogens (primary N) is 1. The molecule has 21 heavy (non-hydrogen) atoms. The van der Waals surface area contributed by atoms with E-state index in [1.807, 2.05) is 20.8 Å². The lowest BCUT2D eigenvalue weighted by Crippen LogP contribution is -2.40. The fourth-order valence-corrected chi connectivity index (χ4v) is 1.94. The molecule has 1 amide bonds. The van der Waals surface area contributed by atoms with Crippen LogP contribution in [0.3, 0.4) is 0 Å². The number of nitrogens with zero attached hydrogens (tertiary/aromatic N) is 1. The number of nitrogen functional groups attached to an aromatic ring is 1. The van der Waals surface area contributed by atoms with Crippen molar-refractivity contribution >= 4 is 28.9 Å². The lowest BCUT2D eigenvalue weighted by atomic mass is 10.1. The summed E-state index contributed by atoms with van der Waals surface area (Å²) in [6.45, 7) is 6.23. The van der Waals surface area contributed by atoms with Crippen LogP contribution in [0.25, 0.3) is 0 Å². The Balaban J connectivity index is 2.95. The van der Waals surface area contributed by atoms with E-state index in [0.29, 0.717) is 6.61 Å². The summed E-state index contributed by atoms with van der Waals surface area (Å²) >= 11 is 5.81. The smallest absolute Gasteiger partial charge is 0.271 e. The van der Waals surface area contributed by atoms with Gasteiger partial charge >= 0.3 is 0 Å². The Bertz CT molecular complexity index is 561. The molecule has 0 atom stereocenters. The van der Waals surface area contributed by atoms with Crippen molar-refractivity contribution in [3.8, 4) is 0 Å². The topological polar surface area (TPSA) is 107 Å². The Kier molecular flexibility index (Phi) is 5.51. The first-order chi connectivity index (χ1) is 9.68. The highest BCUT2D eigenvalue weighted by Crippen LogP contribution is 2.28. The molecule has 8 heteroatoms. The first-order valence-corrected chi connectivity index (χ1v) is 6.71. The zero-order chi connectivity index (χ0) is 16.2. The number of hydrogen-bond acceptors (Lipinski definition) is 5. The Labute approximate surface area is 127 Å². The molecule has 0 bridgehead atoms. The van der Waals surface area contributed by atoms with Gasteiger partial charge in [-0.1, -0.05) is 11.6 Å². The zero-order valence-electron chi connectivity index (χ0n) is 12.1. The number of benzene rings is 1. The van der Waals surface area contributed by atoms with Gasteiger partial charge in [0.1, 0.15) is 0 Å². The van der Waals surface area contributed by atoms with Gasteiger partial charge in [0.05, 0.1) is 26.8 Å². The lowest BCUT2D eigenvalue weighted by molar-refractivity contribution is -0.384. The molecule has 0 saturated carbocycles. The standard InChI is InChI=1S/C13H18ClN3O4/c1-4-21-13(2,3)7-16-12(18)9-5-8(17(19)20)6-10(14)11(9)15/h5-6H,4,7,15H2,1-3H3,(H,16,18). The van der Waals surface area contributed by atoms with Crippen molar-refractivity contribution in [1.82, 2.24) is 5.32 Å². The number of nitrogens with one attached hydrogen (secondary N) is 1. The van der Waals surface area contributed by atoms with Crippen LogP contribution in [0.1, 0.15) is 31.1 Å². The first-order valence-electron chi connectivity index (χ1n) is 6.33. The van der Waals surface area contributed by atoms with Gasteiger partial charge in [-0.25, -0.2) is 0 Å². The van der Waals surface area contributed by atoms with Gasteiger partial charge in [0.15, 0.2) is 0 Å². The van der Waals surface area contributed by atoms with E-state index in [0.717, 1.165) is 12.1 Å². The predicted molar refractivity (Wildman–Crippen MR) is 80.6 cm³/mol. The third kappa shape index (κ3) is 4.57. The summed E-state index contributed by atoms with van der Waals surface area (Å²) in [5.74, 6) is -0.536. The second kappa shape index (κ2) is 6.73. The van der Waals surface area contributed by atoms with E-state index in [4.69, 9.17) is 22.1 Å². The highest BCUT2D eigenvalue weighted by molar-refractivity contribution is 6.34. The van der Waals surface area contributed by atoms with Crippen LogP contribution in [0, 0.1) is 10.1 Å². The van der Waals surface area contributed by atoms with Crippen molar-refractivity contribution < 1.29 is 14.5 Å². The molecule has 0 spiro atoms. The SMILES string of the molecule is CCOC(C)(C)CNC(=O)c1cc([N+](=O)[O-])cc(Cl)c1N. The maximum Gasteiger partial charge on any atom is 0.271 e. The summed E-state index contributed by atoms with van der Waals surface area (Å²) in [4.78, 5) is 22.3. The quantitative estimate of drug-likeness (QED) is 0.476. The van der Waals surface area contributed by atoms with Crippen LogP contribution in [0.5, 0.6) is 0 Å². The molecular weight excluding hydrogens is 298 g/mol. The minimum Gasteiger partial charge on any atom is -0.397 e. The molecule has 1 aromatic rings. The number of ether oxygens (including phenoxy) is 1. The van der Waals surface area contributed by atoms with Gasteiger partial charge < -0.3 is 15.8 Å². The Morgan fingerprint density at radius 3 is 2.67 bits per heavy atom. The van der Waals surface area contributed by atoms with Crippen molar-refractivity contribution in [2.75, 3.05) is 18.9 Å². The molecule has 0 radical (unpaired) electrons. The van der Waals surface area contributed by atoms with Crippen molar-refractivity contribution in [2.24, 2.45) is 0 Å². The molecule has 1 aromatic carbocycles. The molecule has 0 aliphatic carbocycles. The van der Waals surface area contributed by atoms with Crippen LogP contribution < -0.4 is 11.1 Å². The molecule has 0 aliphatic heterocycles. The second-order valence-electron chi connectivity index (χ2n) is 5.02. The Morgan fingerprint density at radius 2 is 2.14 bits per heavy atom. The van der Waals surface area contributed by atoms with Gasteiger partial charge in [-0.2, -0.15) is 0 Å². The Morgan fingerprint density at radius 1 is 1.52 bits per heavy atom. The fourth-order valence-electron chi connectivity index (χ4n) is 1.73. The highest BCUT2D eigenvalue weighted by Gasteiger charge is 2.22. The third-order valence-corrected chi connectivity index (χ3v) is 3.09. The summed E-state index contributed by atoms with van der Waals surface area (Å²) < 4.78 is 5.45. The van der Waals surface area contributed by atoms with Crippen molar-refractivity contribution in [2.45, 2.75) is 26.4 Å². The number of hydrogen-bond donors (Lipinski definition) is 2. The van der Waals surface area contributed by atoms with Gasteiger partial charge in [0.25, 0.3) is 11.6 Å². The number of nitro benzene ring substituents is 1. The van der Waals surface area contributed by atoms with Crippen LogP contribution in [0.2, 0.25) is 5.02 Å². The fraction of sp³-hybridized carbons (Fsp3) is 0.462. The zero-order valence-corrected chi connectivity index (χ0v) is 12.9. The van der Waals surface area contributed by atoms with E-state index in [-0.39, 0.29) is 28.5 Å². The molecule has 0 unspecified atom stereocenters. The molecule has 0 fully saturated rings. The van der Waals surface area contributed by atoms with E-state index in [1.165, 1.54) is 0 Å². The summed E-state index contributed by atoms with van der Waals surface area (Å²) in [6, 6.07) is 2.21. The molecule has 1 rings (SSSR count). The van der Waals surface area contributed by atoms with Crippen LogP contribution in [-0.4, -0.2) is 29.6 Å². The molecule has 0 saturated heterocycles. The van der Waals surface area contributed by atoms with Gasteiger partial charge in [-0.3, -0.25) is 14.9 Å². The molecule has 0 aliphatic rings. The summed E-state index contributed by atoms with van der Waals surface area (Å²) in [7, 11) is 0. The van der Waals surface area contributed by atoms with Gasteiger partial charge in [0, 0.05) is 25.3 Å². The number of carbonyl (C=O) groups is 1. The molecule has 7 nitrogen and oxygen atoms in total. The number of amides is 1. The average Bonchev–Trinajstić information content (AvgIpc) is 2.38. The number of carbonyl (C=O) groups excluding carboxylic acids is 1. The van der Waals surface area contributed by atoms with Crippen LogP contribution in [0.15, 0.2) is 12.1 Å². The van der Waals surface area contributed by atoms with Crippen LogP contribution in [0.4, 0.5) is 11.4 Å². The maximum atomic E-state index is 12.1. The maximum absolute atomic E-state index is 12.1. The van der Waals surface area contributed by atoms with Gasteiger partial charge in [-0.05, 0) is 20.8 Å². The number of rotatable bonds is 6. The van der Waals surface area contributed by atoms with E-state index < -0.39 is 16.4 Å². The number of nitro groups is 1. The summed E-state index contributed by atoms with van der Waals surface area (Å²) in [6.07, 6.45) is 0. The number of halogens is 1. The number of anilines is 1. The minimum absolute atomic E-state index is 0.00832. The normalized spacial score (nSPS) is 11.2. The van der Waals surface area contributed by atoms with Crippen molar-refractivity contribution in [1.29, 1.82) is 0 Å². The van der Waals surface area contributed by atoms with Gasteiger partial charge in [0.2, 0.25) is 0 Å². The third-order valence-electron chi connectivity index (χ3n) is 2.78. The molecule has 116 valence electrons. The van der Waals surface area contributed by atoms with Crippen LogP contribution in [-0.2, 0) is 4.74 Å². The molecule has 3 N–H and O–H groups in total. The van der Waals surface area contributed by atoms with E-state index >= 15 is 0 Å². The number of non-ortho nitro benzene ring substituents is 1. The van der Waals surface area contributed by atoms with Crippen molar-refractivity contribution in [3.63, 3.8) is 0 Å². The monoisotopic (exact) mass is 315 g/mol. The van der Waals surface area contributed by atoms with E-state index in [9.17, 15) is 14.9 Å². The molecule has 0 heterocycles. The first kappa shape index (κ1) is 17.2. The lowest BCUT2D eigenvalue weighted by Gasteiger charge is -2.25. The molecular formula is C13H18ClN3O4. The Hall–Kier alpha value is -1.86. The largest absolute Gasteiger partial charge is 0.397 e.